The molecular weight excluding hydrogens is 422 g/mol. The number of aryl methyl sites for hydroxylation is 1. The lowest BCUT2D eigenvalue weighted by Crippen LogP contribution is -2.52. The summed E-state index contributed by atoms with van der Waals surface area (Å²) in [6.45, 7) is 13.3. The molecule has 0 aliphatic rings. The third kappa shape index (κ3) is 8.94. The summed E-state index contributed by atoms with van der Waals surface area (Å²) in [5.41, 5.74) is 0.267. The Bertz CT molecular complexity index is 804. The molecular formula is C25H41N3O5. The average Bonchev–Trinajstić information content (AvgIpc) is 2.71. The number of hydrogen-bond donors (Lipinski definition) is 3. The Balaban J connectivity index is 3.32. The van der Waals surface area contributed by atoms with Crippen molar-refractivity contribution in [3.05, 3.63) is 29.3 Å². The summed E-state index contributed by atoms with van der Waals surface area (Å²) < 4.78 is 5.27. The first kappa shape index (κ1) is 28.3. The number of alkyl carbamates (subject to hydrolysis) is 1. The van der Waals surface area contributed by atoms with Gasteiger partial charge in [-0.25, -0.2) is 4.79 Å². The summed E-state index contributed by atoms with van der Waals surface area (Å²) in [6, 6.07) is 3.21. The molecule has 1 aromatic rings. The summed E-state index contributed by atoms with van der Waals surface area (Å²) in [4.78, 5) is 40.5. The van der Waals surface area contributed by atoms with Crippen LogP contribution in [0.3, 0.4) is 0 Å². The molecule has 1 rings (SSSR count). The van der Waals surface area contributed by atoms with E-state index in [1.165, 1.54) is 4.90 Å². The number of unbranched alkanes of at least 4 members (excludes halogenated alkanes) is 2. The van der Waals surface area contributed by atoms with E-state index in [2.05, 4.69) is 10.6 Å². The Labute approximate surface area is 198 Å². The number of hydrogen-bond acceptors (Lipinski definition) is 5. The summed E-state index contributed by atoms with van der Waals surface area (Å²) in [5.74, 6) is -0.806. The fraction of sp³-hybridized carbons (Fsp3) is 0.640. The number of benzene rings is 1. The second kappa shape index (κ2) is 13.1. The van der Waals surface area contributed by atoms with Crippen LogP contribution in [-0.2, 0) is 14.3 Å². The van der Waals surface area contributed by atoms with Gasteiger partial charge in [0.25, 0.3) is 0 Å². The van der Waals surface area contributed by atoms with Gasteiger partial charge in [-0.05, 0) is 53.0 Å². The lowest BCUT2D eigenvalue weighted by Gasteiger charge is -2.34. The number of nitrogens with zero attached hydrogens (tertiary/aromatic N) is 1. The average molecular weight is 464 g/mol. The third-order valence-corrected chi connectivity index (χ3v) is 5.09. The smallest absolute Gasteiger partial charge is 0.408 e. The minimum absolute atomic E-state index is 0.0183. The van der Waals surface area contributed by atoms with E-state index in [-0.39, 0.29) is 11.7 Å². The van der Waals surface area contributed by atoms with Gasteiger partial charge in [0, 0.05) is 18.7 Å². The van der Waals surface area contributed by atoms with Crippen molar-refractivity contribution in [2.24, 2.45) is 0 Å². The Morgan fingerprint density at radius 2 is 1.76 bits per heavy atom. The molecule has 2 atom stereocenters. The number of nitrogens with one attached hydrogen (secondary N) is 2. The highest BCUT2D eigenvalue weighted by Crippen LogP contribution is 2.32. The van der Waals surface area contributed by atoms with Crippen LogP contribution < -0.4 is 10.6 Å². The first-order chi connectivity index (χ1) is 15.4. The first-order valence-corrected chi connectivity index (χ1v) is 11.8. The van der Waals surface area contributed by atoms with Gasteiger partial charge in [0.2, 0.25) is 11.8 Å². The van der Waals surface area contributed by atoms with Crippen molar-refractivity contribution in [2.75, 3.05) is 13.1 Å². The fourth-order valence-corrected chi connectivity index (χ4v) is 3.33. The SMILES string of the molecule is CCCCNC(=O)C(c1cccc(C)c1O)N(CCCC)C(=O)C(C)NC(=O)OC(C)(C)C. The van der Waals surface area contributed by atoms with Crippen LogP contribution in [0.1, 0.15) is 84.4 Å². The molecule has 0 saturated carbocycles. The van der Waals surface area contributed by atoms with Crippen LogP contribution in [0.4, 0.5) is 4.79 Å². The summed E-state index contributed by atoms with van der Waals surface area (Å²) in [5, 5.41) is 16.2. The molecule has 0 spiro atoms. The van der Waals surface area contributed by atoms with Gasteiger partial charge in [0.05, 0.1) is 0 Å². The second-order valence-electron chi connectivity index (χ2n) is 9.31. The second-order valence-corrected chi connectivity index (χ2v) is 9.31. The number of amides is 3. The molecule has 3 amide bonds. The van der Waals surface area contributed by atoms with Crippen LogP contribution in [0.2, 0.25) is 0 Å². The Morgan fingerprint density at radius 1 is 1.12 bits per heavy atom. The molecule has 0 heterocycles. The number of rotatable bonds is 11. The van der Waals surface area contributed by atoms with Crippen LogP contribution in [0.25, 0.3) is 0 Å². The van der Waals surface area contributed by atoms with E-state index < -0.39 is 29.7 Å². The predicted octanol–water partition coefficient (Wildman–Crippen LogP) is 4.20. The van der Waals surface area contributed by atoms with Gasteiger partial charge < -0.3 is 25.4 Å². The number of para-hydroxylation sites is 1. The zero-order chi connectivity index (χ0) is 25.2. The molecule has 8 nitrogen and oxygen atoms in total. The molecule has 8 heteroatoms. The first-order valence-electron chi connectivity index (χ1n) is 11.8. The largest absolute Gasteiger partial charge is 0.507 e. The molecule has 1 aromatic carbocycles. The number of ether oxygens (including phenoxy) is 1. The molecule has 0 fully saturated rings. The fourth-order valence-electron chi connectivity index (χ4n) is 3.33. The van der Waals surface area contributed by atoms with Gasteiger partial charge in [-0.3, -0.25) is 9.59 Å². The monoisotopic (exact) mass is 463 g/mol. The van der Waals surface area contributed by atoms with Gasteiger partial charge in [0.1, 0.15) is 23.4 Å². The van der Waals surface area contributed by atoms with E-state index in [0.717, 1.165) is 19.3 Å². The van der Waals surface area contributed by atoms with E-state index >= 15 is 0 Å². The molecule has 0 saturated heterocycles. The molecule has 0 aliphatic heterocycles. The molecule has 33 heavy (non-hydrogen) atoms. The van der Waals surface area contributed by atoms with Crippen molar-refractivity contribution in [3.63, 3.8) is 0 Å². The van der Waals surface area contributed by atoms with Gasteiger partial charge in [-0.2, -0.15) is 0 Å². The third-order valence-electron chi connectivity index (χ3n) is 5.09. The number of aromatic hydroxyl groups is 1. The van der Waals surface area contributed by atoms with Crippen LogP contribution in [0.5, 0.6) is 5.75 Å². The highest BCUT2D eigenvalue weighted by atomic mass is 16.6. The molecule has 0 radical (unpaired) electrons. The normalized spacial score (nSPS) is 13.1. The number of phenolic OH excluding ortho intramolecular Hbond substituents is 1. The van der Waals surface area contributed by atoms with Gasteiger partial charge in [-0.1, -0.05) is 44.9 Å². The lowest BCUT2D eigenvalue weighted by atomic mass is 9.99. The molecule has 3 N–H and O–H groups in total. The molecule has 0 aromatic heterocycles. The van der Waals surface area contributed by atoms with E-state index in [0.29, 0.717) is 30.6 Å². The number of carbonyl (C=O) groups excluding carboxylic acids is 3. The maximum atomic E-state index is 13.5. The Kier molecular flexibility index (Phi) is 11.2. The number of carbonyl (C=O) groups is 3. The van der Waals surface area contributed by atoms with Gasteiger partial charge in [0.15, 0.2) is 0 Å². The zero-order valence-electron chi connectivity index (χ0n) is 21.2. The van der Waals surface area contributed by atoms with Crippen molar-refractivity contribution < 1.29 is 24.2 Å². The van der Waals surface area contributed by atoms with Crippen molar-refractivity contribution in [1.29, 1.82) is 0 Å². The van der Waals surface area contributed by atoms with Crippen LogP contribution in [0, 0.1) is 6.92 Å². The highest BCUT2D eigenvalue weighted by Gasteiger charge is 2.35. The van der Waals surface area contributed by atoms with Crippen LogP contribution >= 0.6 is 0 Å². The van der Waals surface area contributed by atoms with Crippen molar-refractivity contribution in [3.8, 4) is 5.75 Å². The molecule has 0 aliphatic carbocycles. The van der Waals surface area contributed by atoms with E-state index in [9.17, 15) is 19.5 Å². The predicted molar refractivity (Wildman–Crippen MR) is 129 cm³/mol. The number of phenols is 1. The lowest BCUT2D eigenvalue weighted by molar-refractivity contribution is -0.142. The molecule has 0 bridgehead atoms. The van der Waals surface area contributed by atoms with E-state index in [4.69, 9.17) is 4.74 Å². The summed E-state index contributed by atoms with van der Waals surface area (Å²) in [7, 11) is 0. The summed E-state index contributed by atoms with van der Waals surface area (Å²) in [6.07, 6.45) is 2.48. The van der Waals surface area contributed by atoms with Crippen molar-refractivity contribution in [2.45, 2.75) is 91.8 Å². The minimum Gasteiger partial charge on any atom is -0.507 e. The minimum atomic E-state index is -1.02. The maximum absolute atomic E-state index is 13.5. The Hall–Kier alpha value is -2.77. The quantitative estimate of drug-likeness (QED) is 0.426. The van der Waals surface area contributed by atoms with E-state index in [1.54, 1.807) is 52.8 Å². The van der Waals surface area contributed by atoms with Crippen LogP contribution in [0.15, 0.2) is 18.2 Å². The van der Waals surface area contributed by atoms with Crippen LogP contribution in [-0.4, -0.2) is 52.6 Å². The standard InChI is InChI=1S/C25H41N3O5/c1-8-10-15-26-22(30)20(19-14-12-13-17(3)21(19)29)28(16-11-9-2)23(31)18(4)27-24(32)33-25(5,6)7/h12-14,18,20,29H,8-11,15-16H2,1-7H3,(H,26,30)(H,27,32). The summed E-state index contributed by atoms with van der Waals surface area (Å²) >= 11 is 0. The molecule has 2 unspecified atom stereocenters. The highest BCUT2D eigenvalue weighted by molar-refractivity contribution is 5.92. The van der Waals surface area contributed by atoms with Gasteiger partial charge >= 0.3 is 6.09 Å². The zero-order valence-corrected chi connectivity index (χ0v) is 21.2. The maximum Gasteiger partial charge on any atom is 0.408 e. The topological polar surface area (TPSA) is 108 Å². The van der Waals surface area contributed by atoms with E-state index in [1.807, 2.05) is 13.8 Å². The van der Waals surface area contributed by atoms with Crippen molar-refractivity contribution in [1.82, 2.24) is 15.5 Å². The van der Waals surface area contributed by atoms with Crippen molar-refractivity contribution >= 4 is 17.9 Å². The van der Waals surface area contributed by atoms with Gasteiger partial charge in [-0.15, -0.1) is 0 Å². The Morgan fingerprint density at radius 3 is 2.33 bits per heavy atom. The molecule has 186 valence electrons.